The molecule has 1 unspecified atom stereocenters. The van der Waals surface area contributed by atoms with Crippen LogP contribution in [-0.2, 0) is 4.79 Å². The molecule has 2 aromatic carbocycles. The topological polar surface area (TPSA) is 49.3 Å². The van der Waals surface area contributed by atoms with Gasteiger partial charge in [0.1, 0.15) is 5.82 Å². The minimum atomic E-state index is -0.915. The van der Waals surface area contributed by atoms with E-state index in [1.54, 1.807) is 36.4 Å². The van der Waals surface area contributed by atoms with Gasteiger partial charge in [0.25, 0.3) is 0 Å². The molecule has 0 aromatic heterocycles. The summed E-state index contributed by atoms with van der Waals surface area (Å²) in [5, 5.41) is 12.2. The Morgan fingerprint density at radius 1 is 1.25 bits per heavy atom. The monoisotopic (exact) mass is 337 g/mol. The predicted octanol–water partition coefficient (Wildman–Crippen LogP) is 3.87. The van der Waals surface area contributed by atoms with Gasteiger partial charge in [-0.15, -0.1) is 0 Å². The van der Waals surface area contributed by atoms with Crippen molar-refractivity contribution >= 4 is 27.6 Å². The highest BCUT2D eigenvalue weighted by atomic mass is 79.9. The standard InChI is InChI=1S/C15H13BrFNO2/c16-13-7-6-11(8-14(13)17)18-9-12(15(19)20)10-4-2-1-3-5-10/h1-8,12,18H,9H2,(H,19,20). The molecule has 0 amide bonds. The van der Waals surface area contributed by atoms with Crippen LogP contribution in [0.2, 0.25) is 0 Å². The lowest BCUT2D eigenvalue weighted by Gasteiger charge is -2.14. The summed E-state index contributed by atoms with van der Waals surface area (Å²) in [6, 6.07) is 13.6. The largest absolute Gasteiger partial charge is 0.481 e. The van der Waals surface area contributed by atoms with Crippen LogP contribution in [0.25, 0.3) is 0 Å². The molecule has 0 aliphatic rings. The summed E-state index contributed by atoms with van der Waals surface area (Å²) < 4.78 is 13.8. The van der Waals surface area contributed by atoms with E-state index in [-0.39, 0.29) is 12.4 Å². The zero-order valence-corrected chi connectivity index (χ0v) is 12.1. The van der Waals surface area contributed by atoms with Crippen LogP contribution in [0.5, 0.6) is 0 Å². The van der Waals surface area contributed by atoms with Crippen LogP contribution < -0.4 is 5.32 Å². The highest BCUT2D eigenvalue weighted by Gasteiger charge is 2.19. The fourth-order valence-electron chi connectivity index (χ4n) is 1.86. The third-order valence-corrected chi connectivity index (χ3v) is 3.57. The number of benzene rings is 2. The van der Waals surface area contributed by atoms with E-state index in [1.807, 2.05) is 6.07 Å². The van der Waals surface area contributed by atoms with Crippen molar-refractivity contribution in [1.29, 1.82) is 0 Å². The molecule has 3 nitrogen and oxygen atoms in total. The van der Waals surface area contributed by atoms with Crippen LogP contribution in [-0.4, -0.2) is 17.6 Å². The summed E-state index contributed by atoms with van der Waals surface area (Å²) in [5.41, 5.74) is 1.26. The lowest BCUT2D eigenvalue weighted by atomic mass is 9.99. The summed E-state index contributed by atoms with van der Waals surface area (Å²) in [6.07, 6.45) is 0. The van der Waals surface area contributed by atoms with E-state index in [0.717, 1.165) is 0 Å². The van der Waals surface area contributed by atoms with Crippen LogP contribution in [0.1, 0.15) is 11.5 Å². The molecule has 2 rings (SSSR count). The van der Waals surface area contributed by atoms with Crippen molar-refractivity contribution in [3.63, 3.8) is 0 Å². The van der Waals surface area contributed by atoms with Gasteiger partial charge in [0.15, 0.2) is 0 Å². The molecule has 0 radical (unpaired) electrons. The summed E-state index contributed by atoms with van der Waals surface area (Å²) in [6.45, 7) is 0.195. The van der Waals surface area contributed by atoms with Gasteiger partial charge < -0.3 is 10.4 Å². The molecule has 0 spiro atoms. The number of carbonyl (C=O) groups is 1. The third kappa shape index (κ3) is 3.57. The summed E-state index contributed by atoms with van der Waals surface area (Å²) in [4.78, 5) is 11.3. The second kappa shape index (κ2) is 6.52. The van der Waals surface area contributed by atoms with Crippen molar-refractivity contribution in [3.05, 3.63) is 64.4 Å². The van der Waals surface area contributed by atoms with Crippen molar-refractivity contribution in [2.75, 3.05) is 11.9 Å². The Balaban J connectivity index is 2.10. The molecule has 0 saturated carbocycles. The van der Waals surface area contributed by atoms with Gasteiger partial charge in [0.05, 0.1) is 10.4 Å². The van der Waals surface area contributed by atoms with Crippen LogP contribution in [0.15, 0.2) is 53.0 Å². The Kier molecular flexibility index (Phi) is 4.74. The molecule has 0 saturated heterocycles. The third-order valence-electron chi connectivity index (χ3n) is 2.93. The first-order chi connectivity index (χ1) is 9.58. The molecule has 104 valence electrons. The molecule has 0 bridgehead atoms. The zero-order chi connectivity index (χ0) is 14.5. The lowest BCUT2D eigenvalue weighted by molar-refractivity contribution is -0.138. The van der Waals surface area contributed by atoms with Gasteiger partial charge >= 0.3 is 5.97 Å². The summed E-state index contributed by atoms with van der Waals surface area (Å²) in [7, 11) is 0. The number of hydrogen-bond acceptors (Lipinski definition) is 2. The Hall–Kier alpha value is -1.88. The van der Waals surface area contributed by atoms with E-state index >= 15 is 0 Å². The molecule has 5 heteroatoms. The number of anilines is 1. The van der Waals surface area contributed by atoms with Crippen LogP contribution in [0.4, 0.5) is 10.1 Å². The van der Waals surface area contributed by atoms with Gasteiger partial charge in [-0.25, -0.2) is 4.39 Å². The van der Waals surface area contributed by atoms with Crippen molar-refractivity contribution in [3.8, 4) is 0 Å². The Morgan fingerprint density at radius 2 is 1.95 bits per heavy atom. The quantitative estimate of drug-likeness (QED) is 0.870. The van der Waals surface area contributed by atoms with Crippen LogP contribution >= 0.6 is 15.9 Å². The van der Waals surface area contributed by atoms with Gasteiger partial charge in [-0.1, -0.05) is 30.3 Å². The summed E-state index contributed by atoms with van der Waals surface area (Å²) >= 11 is 3.07. The van der Waals surface area contributed by atoms with Crippen molar-refractivity contribution in [2.24, 2.45) is 0 Å². The maximum atomic E-state index is 13.4. The SMILES string of the molecule is O=C(O)C(CNc1ccc(Br)c(F)c1)c1ccccc1. The Bertz CT molecular complexity index is 604. The fraction of sp³-hybridized carbons (Fsp3) is 0.133. The lowest BCUT2D eigenvalue weighted by Crippen LogP contribution is -2.20. The second-order valence-electron chi connectivity index (χ2n) is 4.31. The van der Waals surface area contributed by atoms with E-state index in [2.05, 4.69) is 21.2 Å². The molecule has 0 aliphatic heterocycles. The number of carboxylic acids is 1. The number of nitrogens with one attached hydrogen (secondary N) is 1. The average Bonchev–Trinajstić information content (AvgIpc) is 2.44. The molecule has 20 heavy (non-hydrogen) atoms. The zero-order valence-electron chi connectivity index (χ0n) is 10.5. The number of aliphatic carboxylic acids is 1. The number of carboxylic acid groups (broad SMARTS) is 1. The molecule has 2 aromatic rings. The van der Waals surface area contributed by atoms with Gasteiger partial charge in [-0.3, -0.25) is 4.79 Å². The van der Waals surface area contributed by atoms with Crippen molar-refractivity contribution < 1.29 is 14.3 Å². The minimum Gasteiger partial charge on any atom is -0.481 e. The number of rotatable bonds is 5. The van der Waals surface area contributed by atoms with Gasteiger partial charge in [0, 0.05) is 12.2 Å². The highest BCUT2D eigenvalue weighted by Crippen LogP contribution is 2.21. The van der Waals surface area contributed by atoms with Crippen LogP contribution in [0.3, 0.4) is 0 Å². The first-order valence-electron chi connectivity index (χ1n) is 6.04. The first-order valence-corrected chi connectivity index (χ1v) is 6.84. The van der Waals surface area contributed by atoms with Gasteiger partial charge in [-0.05, 0) is 39.7 Å². The molecule has 2 N–H and O–H groups in total. The Labute approximate surface area is 124 Å². The Morgan fingerprint density at radius 3 is 2.55 bits per heavy atom. The highest BCUT2D eigenvalue weighted by molar-refractivity contribution is 9.10. The maximum absolute atomic E-state index is 13.4. The summed E-state index contributed by atoms with van der Waals surface area (Å²) in [5.74, 6) is -1.98. The smallest absolute Gasteiger partial charge is 0.312 e. The number of hydrogen-bond donors (Lipinski definition) is 2. The first kappa shape index (κ1) is 14.5. The van der Waals surface area contributed by atoms with Gasteiger partial charge in [-0.2, -0.15) is 0 Å². The van der Waals surface area contributed by atoms with Crippen molar-refractivity contribution in [1.82, 2.24) is 0 Å². The van der Waals surface area contributed by atoms with Crippen molar-refractivity contribution in [2.45, 2.75) is 5.92 Å². The van der Waals surface area contributed by atoms with E-state index in [4.69, 9.17) is 0 Å². The molecule has 0 aliphatic carbocycles. The molecule has 1 atom stereocenters. The second-order valence-corrected chi connectivity index (χ2v) is 5.17. The minimum absolute atomic E-state index is 0.195. The fourth-order valence-corrected chi connectivity index (χ4v) is 2.11. The average molecular weight is 338 g/mol. The number of halogens is 2. The maximum Gasteiger partial charge on any atom is 0.312 e. The van der Waals surface area contributed by atoms with Gasteiger partial charge in [0.2, 0.25) is 0 Å². The van der Waals surface area contributed by atoms with Crippen LogP contribution in [0, 0.1) is 5.82 Å². The predicted molar refractivity (Wildman–Crippen MR) is 79.4 cm³/mol. The van der Waals surface area contributed by atoms with E-state index < -0.39 is 11.9 Å². The van der Waals surface area contributed by atoms with E-state index in [1.165, 1.54) is 6.07 Å². The molecule has 0 heterocycles. The normalized spacial score (nSPS) is 11.9. The van der Waals surface area contributed by atoms with E-state index in [9.17, 15) is 14.3 Å². The molecular formula is C15H13BrFNO2. The molecule has 0 fully saturated rings. The van der Waals surface area contributed by atoms with E-state index in [0.29, 0.717) is 15.7 Å². The molecular weight excluding hydrogens is 325 g/mol.